The fourth-order valence-electron chi connectivity index (χ4n) is 1.39. The summed E-state index contributed by atoms with van der Waals surface area (Å²) in [6.45, 7) is 7.45. The molecule has 0 heterocycles. The molecule has 102 valence electrons. The van der Waals surface area contributed by atoms with Crippen molar-refractivity contribution in [1.82, 2.24) is 0 Å². The summed E-state index contributed by atoms with van der Waals surface area (Å²) in [5.74, 6) is 0.0979. The van der Waals surface area contributed by atoms with Crippen LogP contribution in [0, 0.1) is 6.92 Å². The number of benzene rings is 1. The van der Waals surface area contributed by atoms with Crippen molar-refractivity contribution in [3.63, 3.8) is 0 Å². The molecule has 3 nitrogen and oxygen atoms in total. The lowest BCUT2D eigenvalue weighted by atomic mass is 10.2. The topological polar surface area (TPSA) is 46.2 Å². The molecule has 0 aliphatic heterocycles. The molecule has 0 bridgehead atoms. The molecule has 1 N–H and O–H groups in total. The Morgan fingerprint density at radius 3 is 2.39 bits per heavy atom. The fourth-order valence-corrected chi connectivity index (χ4v) is 2.67. The molecule has 0 atom stereocenters. The van der Waals surface area contributed by atoms with Gasteiger partial charge in [-0.2, -0.15) is 0 Å². The van der Waals surface area contributed by atoms with Gasteiger partial charge in [0, 0.05) is 6.54 Å². The van der Waals surface area contributed by atoms with E-state index in [1.165, 1.54) is 0 Å². The van der Waals surface area contributed by atoms with Crippen molar-refractivity contribution in [2.75, 3.05) is 17.6 Å². The first-order valence-electron chi connectivity index (χ1n) is 5.86. The zero-order valence-electron chi connectivity index (χ0n) is 11.2. The highest BCUT2D eigenvalue weighted by atomic mass is 35.5. The van der Waals surface area contributed by atoms with E-state index >= 15 is 0 Å². The van der Waals surface area contributed by atoms with Crippen LogP contribution >= 0.6 is 11.6 Å². The molecule has 0 saturated carbocycles. The molecular formula is C13H20ClNO2S. The Kier molecular flexibility index (Phi) is 4.67. The van der Waals surface area contributed by atoms with E-state index in [1.54, 1.807) is 20.8 Å². The third kappa shape index (κ3) is 3.89. The summed E-state index contributed by atoms with van der Waals surface area (Å²) in [6, 6.07) is 5.65. The molecule has 0 radical (unpaired) electrons. The quantitative estimate of drug-likeness (QED) is 0.925. The molecule has 0 aliphatic rings. The number of anilines is 1. The predicted molar refractivity (Wildman–Crippen MR) is 78.2 cm³/mol. The van der Waals surface area contributed by atoms with Gasteiger partial charge < -0.3 is 5.32 Å². The van der Waals surface area contributed by atoms with Gasteiger partial charge >= 0.3 is 0 Å². The van der Waals surface area contributed by atoms with E-state index in [9.17, 15) is 8.42 Å². The predicted octanol–water partition coefficient (Wildman–Crippen LogP) is 3.27. The molecule has 0 aliphatic carbocycles. The Morgan fingerprint density at radius 2 is 1.89 bits per heavy atom. The number of nitrogens with one attached hydrogen (secondary N) is 1. The second-order valence-electron chi connectivity index (χ2n) is 5.34. The molecule has 5 heteroatoms. The van der Waals surface area contributed by atoms with E-state index in [1.807, 2.05) is 25.1 Å². The van der Waals surface area contributed by atoms with Gasteiger partial charge in [0.15, 0.2) is 9.84 Å². The molecule has 0 saturated heterocycles. The van der Waals surface area contributed by atoms with Crippen molar-refractivity contribution >= 4 is 27.1 Å². The Labute approximate surface area is 114 Å². The molecule has 0 amide bonds. The maximum Gasteiger partial charge on any atom is 0.156 e. The minimum atomic E-state index is -3.09. The third-order valence-electron chi connectivity index (χ3n) is 2.74. The lowest BCUT2D eigenvalue weighted by Gasteiger charge is -2.19. The van der Waals surface area contributed by atoms with Gasteiger partial charge in [0.1, 0.15) is 0 Å². The van der Waals surface area contributed by atoms with E-state index in [4.69, 9.17) is 11.6 Å². The largest absolute Gasteiger partial charge is 0.383 e. The Bertz CT molecular complexity index is 518. The van der Waals surface area contributed by atoms with Crippen LogP contribution in [-0.4, -0.2) is 25.5 Å². The number of rotatable bonds is 4. The smallest absolute Gasteiger partial charge is 0.156 e. The van der Waals surface area contributed by atoms with Crippen molar-refractivity contribution < 1.29 is 8.42 Å². The molecule has 0 spiro atoms. The number of hydrogen-bond donors (Lipinski definition) is 1. The summed E-state index contributed by atoms with van der Waals surface area (Å²) in [5, 5.41) is 3.67. The molecule has 18 heavy (non-hydrogen) atoms. The van der Waals surface area contributed by atoms with Gasteiger partial charge in [-0.3, -0.25) is 0 Å². The minimum absolute atomic E-state index is 0.0979. The van der Waals surface area contributed by atoms with Gasteiger partial charge in [-0.15, -0.1) is 0 Å². The van der Waals surface area contributed by atoms with Crippen LogP contribution in [0.1, 0.15) is 26.3 Å². The SMILES string of the molecule is Cc1ccc(NCCS(=O)(=O)C(C)(C)C)c(Cl)c1. The van der Waals surface area contributed by atoms with Crippen molar-refractivity contribution in [3.8, 4) is 0 Å². The highest BCUT2D eigenvalue weighted by molar-refractivity contribution is 7.92. The van der Waals surface area contributed by atoms with Gasteiger partial charge in [-0.1, -0.05) is 17.7 Å². The molecule has 0 fully saturated rings. The summed E-state index contributed by atoms with van der Waals surface area (Å²) >= 11 is 6.06. The monoisotopic (exact) mass is 289 g/mol. The minimum Gasteiger partial charge on any atom is -0.383 e. The normalized spacial score (nSPS) is 12.5. The average Bonchev–Trinajstić information content (AvgIpc) is 2.19. The standard InChI is InChI=1S/C13H20ClNO2S/c1-10-5-6-12(11(14)9-10)15-7-8-18(16,17)13(2,3)4/h5-6,9,15H,7-8H2,1-4H3. The maximum atomic E-state index is 11.9. The molecular weight excluding hydrogens is 270 g/mol. The Morgan fingerprint density at radius 1 is 1.28 bits per heavy atom. The fraction of sp³-hybridized carbons (Fsp3) is 0.538. The van der Waals surface area contributed by atoms with Crippen LogP contribution in [-0.2, 0) is 9.84 Å². The average molecular weight is 290 g/mol. The van der Waals surface area contributed by atoms with Crippen molar-refractivity contribution in [2.24, 2.45) is 0 Å². The second-order valence-corrected chi connectivity index (χ2v) is 8.61. The van der Waals surface area contributed by atoms with Gasteiger partial charge in [0.05, 0.1) is 21.2 Å². The number of halogens is 1. The van der Waals surface area contributed by atoms with Crippen LogP contribution in [0.5, 0.6) is 0 Å². The van der Waals surface area contributed by atoms with Crippen LogP contribution in [0.2, 0.25) is 5.02 Å². The highest BCUT2D eigenvalue weighted by Gasteiger charge is 2.28. The number of hydrogen-bond acceptors (Lipinski definition) is 3. The van der Waals surface area contributed by atoms with Crippen LogP contribution < -0.4 is 5.32 Å². The van der Waals surface area contributed by atoms with Gasteiger partial charge in [-0.25, -0.2) is 8.42 Å². The first-order chi connectivity index (χ1) is 8.13. The zero-order chi connectivity index (χ0) is 14.0. The number of aryl methyl sites for hydroxylation is 1. The van der Waals surface area contributed by atoms with E-state index in [-0.39, 0.29) is 5.75 Å². The van der Waals surface area contributed by atoms with E-state index in [2.05, 4.69) is 5.32 Å². The first kappa shape index (κ1) is 15.3. The Hall–Kier alpha value is -0.740. The lowest BCUT2D eigenvalue weighted by molar-refractivity contribution is 0.560. The summed E-state index contributed by atoms with van der Waals surface area (Å²) in [6.07, 6.45) is 0. The summed E-state index contributed by atoms with van der Waals surface area (Å²) in [5.41, 5.74) is 1.85. The van der Waals surface area contributed by atoms with Crippen LogP contribution in [0.4, 0.5) is 5.69 Å². The first-order valence-corrected chi connectivity index (χ1v) is 7.89. The van der Waals surface area contributed by atoms with Gasteiger partial charge in [-0.05, 0) is 45.4 Å². The van der Waals surface area contributed by atoms with Crippen LogP contribution in [0.3, 0.4) is 0 Å². The zero-order valence-corrected chi connectivity index (χ0v) is 12.8. The van der Waals surface area contributed by atoms with Gasteiger partial charge in [0.25, 0.3) is 0 Å². The van der Waals surface area contributed by atoms with E-state index in [0.29, 0.717) is 11.6 Å². The van der Waals surface area contributed by atoms with E-state index < -0.39 is 14.6 Å². The molecule has 0 aromatic heterocycles. The molecule has 1 aromatic carbocycles. The second kappa shape index (κ2) is 5.49. The molecule has 1 aromatic rings. The van der Waals surface area contributed by atoms with Crippen LogP contribution in [0.25, 0.3) is 0 Å². The Balaban J connectivity index is 2.63. The van der Waals surface area contributed by atoms with Crippen molar-refractivity contribution in [3.05, 3.63) is 28.8 Å². The van der Waals surface area contributed by atoms with Gasteiger partial charge in [0.2, 0.25) is 0 Å². The van der Waals surface area contributed by atoms with Crippen LogP contribution in [0.15, 0.2) is 18.2 Å². The highest BCUT2D eigenvalue weighted by Crippen LogP contribution is 2.23. The lowest BCUT2D eigenvalue weighted by Crippen LogP contribution is -2.32. The summed E-state index contributed by atoms with van der Waals surface area (Å²) in [7, 11) is -3.09. The maximum absolute atomic E-state index is 11.9. The summed E-state index contributed by atoms with van der Waals surface area (Å²) in [4.78, 5) is 0. The number of sulfone groups is 1. The summed E-state index contributed by atoms with van der Waals surface area (Å²) < 4.78 is 23.1. The molecule has 0 unspecified atom stereocenters. The van der Waals surface area contributed by atoms with Crippen molar-refractivity contribution in [2.45, 2.75) is 32.4 Å². The third-order valence-corrected chi connectivity index (χ3v) is 5.66. The van der Waals surface area contributed by atoms with Crippen molar-refractivity contribution in [1.29, 1.82) is 0 Å². The molecule has 1 rings (SSSR count). The van der Waals surface area contributed by atoms with E-state index in [0.717, 1.165) is 11.3 Å².